The van der Waals surface area contributed by atoms with Gasteiger partial charge in [-0.3, -0.25) is 4.99 Å². The molecule has 0 spiro atoms. The van der Waals surface area contributed by atoms with E-state index in [1.165, 1.54) is 22.7 Å². The minimum atomic E-state index is -0.491. The number of aliphatic imine (C=N–C) groups is 1. The minimum absolute atomic E-state index is 0.161. The first-order valence-electron chi connectivity index (χ1n) is 15.3. The molecular weight excluding hydrogens is 659 g/mol. The molecule has 244 valence electrons. The predicted octanol–water partition coefficient (Wildman–Crippen LogP) is 6.90. The fraction of sp³-hybridized carbons (Fsp3) is 0.171. The van der Waals surface area contributed by atoms with Gasteiger partial charge in [-0.2, -0.15) is 4.98 Å². The number of fused-ring (bicyclic) bond motifs is 3. The van der Waals surface area contributed by atoms with E-state index in [1.54, 1.807) is 12.3 Å². The molecule has 4 heterocycles. The Morgan fingerprint density at radius 2 is 1.84 bits per heavy atom. The summed E-state index contributed by atoms with van der Waals surface area (Å²) in [5, 5.41) is 4.22. The molecule has 49 heavy (non-hydrogen) atoms. The number of nitrogens with zero attached hydrogens (tertiary/aromatic N) is 7. The first-order chi connectivity index (χ1) is 23.9. The Balaban J connectivity index is 0.877. The van der Waals surface area contributed by atoms with Crippen molar-refractivity contribution in [2.45, 2.75) is 19.6 Å². The third-order valence-corrected chi connectivity index (χ3v) is 9.69. The van der Waals surface area contributed by atoms with E-state index >= 15 is 0 Å². The number of benzene rings is 3. The van der Waals surface area contributed by atoms with Gasteiger partial charge in [-0.15, -0.1) is 22.7 Å². The van der Waals surface area contributed by atoms with E-state index < -0.39 is 6.09 Å². The topological polar surface area (TPSA) is 145 Å². The average Bonchev–Trinajstić information content (AvgIpc) is 3.86. The third-order valence-electron chi connectivity index (χ3n) is 7.66. The lowest BCUT2D eigenvalue weighted by molar-refractivity contribution is 0.148. The number of likely N-dealkylation sites (N-methyl/N-ethyl adjacent to an activating group) is 1. The van der Waals surface area contributed by atoms with Crippen molar-refractivity contribution in [1.29, 1.82) is 0 Å². The molecule has 0 radical (unpaired) electrons. The van der Waals surface area contributed by atoms with Gasteiger partial charge in [0.05, 0.1) is 39.2 Å². The SMILES string of the molecule is [C-]#[N+]/C(=C\c1nc2ccc(N(C)CCOC(=O)NCc3ccc(COc4nc(N)nc5c4N=CC5)cc3)cc2s1)c1nc2ccccc2s1. The number of hydrogen-bond donors (Lipinski definition) is 2. The summed E-state index contributed by atoms with van der Waals surface area (Å²) in [6.07, 6.45) is 3.68. The summed E-state index contributed by atoms with van der Waals surface area (Å²) < 4.78 is 13.3. The fourth-order valence-corrected chi connectivity index (χ4v) is 6.96. The van der Waals surface area contributed by atoms with Crippen molar-refractivity contribution < 1.29 is 14.3 Å². The van der Waals surface area contributed by atoms with E-state index in [0.717, 1.165) is 47.9 Å². The van der Waals surface area contributed by atoms with Crippen LogP contribution in [-0.2, 0) is 24.3 Å². The quantitative estimate of drug-likeness (QED) is 0.139. The molecule has 0 fully saturated rings. The Bertz CT molecular complexity index is 2240. The minimum Gasteiger partial charge on any atom is -0.471 e. The van der Waals surface area contributed by atoms with Gasteiger partial charge in [0.25, 0.3) is 0 Å². The fourth-order valence-electron chi connectivity index (χ4n) is 5.10. The summed E-state index contributed by atoms with van der Waals surface area (Å²) in [5.74, 6) is 0.531. The van der Waals surface area contributed by atoms with E-state index in [4.69, 9.17) is 26.8 Å². The van der Waals surface area contributed by atoms with Gasteiger partial charge in [0, 0.05) is 31.9 Å². The monoisotopic (exact) mass is 687 g/mol. The Morgan fingerprint density at radius 3 is 2.67 bits per heavy atom. The van der Waals surface area contributed by atoms with E-state index in [9.17, 15) is 4.79 Å². The Hall–Kier alpha value is -5.91. The van der Waals surface area contributed by atoms with Crippen LogP contribution >= 0.6 is 22.7 Å². The Morgan fingerprint density at radius 1 is 1.02 bits per heavy atom. The number of alkyl carbamates (subject to hydrolysis) is 1. The number of hydrogen-bond acceptors (Lipinski definition) is 12. The molecule has 6 aromatic rings. The highest BCUT2D eigenvalue weighted by Gasteiger charge is 2.17. The maximum Gasteiger partial charge on any atom is 0.407 e. The molecule has 12 nitrogen and oxygen atoms in total. The third kappa shape index (κ3) is 7.33. The molecule has 0 atom stereocenters. The van der Waals surface area contributed by atoms with Crippen LogP contribution in [0.4, 0.5) is 22.1 Å². The van der Waals surface area contributed by atoms with Gasteiger partial charge in [0.15, 0.2) is 0 Å². The summed E-state index contributed by atoms with van der Waals surface area (Å²) in [6.45, 7) is 9.06. The summed E-state index contributed by atoms with van der Waals surface area (Å²) in [5.41, 5.74) is 12.2. The van der Waals surface area contributed by atoms with Gasteiger partial charge in [-0.05, 0) is 47.5 Å². The highest BCUT2D eigenvalue weighted by atomic mass is 32.1. The number of aromatic nitrogens is 4. The average molecular weight is 688 g/mol. The second kappa shape index (κ2) is 14.1. The molecule has 1 aliphatic rings. The molecule has 3 N–H and O–H groups in total. The van der Waals surface area contributed by atoms with Crippen molar-refractivity contribution in [3.63, 3.8) is 0 Å². The second-order valence-electron chi connectivity index (χ2n) is 11.0. The number of rotatable bonds is 11. The molecule has 14 heteroatoms. The van der Waals surface area contributed by atoms with Crippen LogP contribution in [0, 0.1) is 6.57 Å². The van der Waals surface area contributed by atoms with Crippen LogP contribution in [-0.4, -0.2) is 52.4 Å². The molecular formula is C35H29N9O3S2. The van der Waals surface area contributed by atoms with Gasteiger partial charge in [0.2, 0.25) is 17.5 Å². The van der Waals surface area contributed by atoms with Gasteiger partial charge in [-0.25, -0.2) is 24.6 Å². The molecule has 7 rings (SSSR count). The van der Waals surface area contributed by atoms with Crippen molar-refractivity contribution in [3.8, 4) is 5.88 Å². The zero-order chi connectivity index (χ0) is 33.7. The lowest BCUT2D eigenvalue weighted by Gasteiger charge is -2.19. The highest BCUT2D eigenvalue weighted by Crippen LogP contribution is 2.34. The van der Waals surface area contributed by atoms with Gasteiger partial charge < -0.3 is 25.4 Å². The molecule has 0 saturated carbocycles. The number of ether oxygens (including phenoxy) is 2. The van der Waals surface area contributed by atoms with E-state index in [1.807, 2.05) is 72.6 Å². The maximum absolute atomic E-state index is 12.4. The lowest BCUT2D eigenvalue weighted by Crippen LogP contribution is -2.28. The normalized spacial score (nSPS) is 12.2. The number of nitrogen functional groups attached to an aromatic ring is 1. The Labute approximate surface area is 289 Å². The summed E-state index contributed by atoms with van der Waals surface area (Å²) >= 11 is 3.02. The first-order valence-corrected chi connectivity index (χ1v) is 16.9. The first kappa shape index (κ1) is 31.7. The number of thiazole rings is 2. The number of carbonyl (C=O) groups excluding carboxylic acids is 1. The van der Waals surface area contributed by atoms with Gasteiger partial charge in [0.1, 0.15) is 28.9 Å². The van der Waals surface area contributed by atoms with Crippen LogP contribution in [0.3, 0.4) is 0 Å². The second-order valence-corrected chi connectivity index (χ2v) is 13.1. The molecule has 3 aromatic carbocycles. The van der Waals surface area contributed by atoms with Crippen LogP contribution in [0.1, 0.15) is 26.8 Å². The van der Waals surface area contributed by atoms with E-state index in [0.29, 0.717) is 48.4 Å². The summed E-state index contributed by atoms with van der Waals surface area (Å²) in [6, 6.07) is 21.6. The van der Waals surface area contributed by atoms with Crippen LogP contribution in [0.2, 0.25) is 0 Å². The molecule has 0 unspecified atom stereocenters. The van der Waals surface area contributed by atoms with Crippen molar-refractivity contribution in [3.05, 3.63) is 105 Å². The standard InChI is InChI=1S/C35H29N9O3S2/c1-37-27(33-41-24-5-3-4-6-28(24)49-33)18-30-40-25-12-11-23(17-29(25)48-30)44(2)15-16-46-35(45)39-19-21-7-9-22(10-8-21)20-47-32-31-26(13-14-38-31)42-34(36)43-32/h3-12,14,17-18H,13,15-16,19-20H2,2H3,(H,39,45)(H2,36,42,43)/b27-18-. The zero-order valence-electron chi connectivity index (χ0n) is 26.3. The predicted molar refractivity (Wildman–Crippen MR) is 194 cm³/mol. The van der Waals surface area contributed by atoms with Crippen molar-refractivity contribution in [2.75, 3.05) is 30.8 Å². The largest absolute Gasteiger partial charge is 0.471 e. The maximum atomic E-state index is 12.4. The zero-order valence-corrected chi connectivity index (χ0v) is 27.9. The van der Waals surface area contributed by atoms with Crippen molar-refractivity contribution in [2.24, 2.45) is 4.99 Å². The number of carbonyl (C=O) groups is 1. The highest BCUT2D eigenvalue weighted by molar-refractivity contribution is 7.20. The number of amides is 1. The molecule has 0 aliphatic carbocycles. The van der Waals surface area contributed by atoms with E-state index in [-0.39, 0.29) is 12.6 Å². The molecule has 0 saturated heterocycles. The summed E-state index contributed by atoms with van der Waals surface area (Å²) in [7, 11) is 1.94. The van der Waals surface area contributed by atoms with Crippen LogP contribution in [0.25, 0.3) is 37.1 Å². The lowest BCUT2D eigenvalue weighted by atomic mass is 10.1. The van der Waals surface area contributed by atoms with Crippen LogP contribution in [0.15, 0.2) is 71.7 Å². The molecule has 1 amide bonds. The van der Waals surface area contributed by atoms with Gasteiger partial charge in [-0.1, -0.05) is 36.4 Å². The van der Waals surface area contributed by atoms with Crippen molar-refractivity contribution >= 4 is 84.5 Å². The Kier molecular flexibility index (Phi) is 9.09. The number of anilines is 2. The van der Waals surface area contributed by atoms with Crippen molar-refractivity contribution in [1.82, 2.24) is 25.3 Å². The molecule has 3 aromatic heterocycles. The molecule has 0 bridgehead atoms. The summed E-state index contributed by atoms with van der Waals surface area (Å²) in [4.78, 5) is 40.1. The van der Waals surface area contributed by atoms with Crippen LogP contribution < -0.4 is 20.7 Å². The van der Waals surface area contributed by atoms with E-state index in [2.05, 4.69) is 36.2 Å². The van der Waals surface area contributed by atoms with Gasteiger partial charge >= 0.3 is 6.09 Å². The molecule has 1 aliphatic heterocycles. The smallest absolute Gasteiger partial charge is 0.407 e. The number of para-hydroxylation sites is 1. The van der Waals surface area contributed by atoms with Crippen LogP contribution in [0.5, 0.6) is 5.88 Å². The number of nitrogens with two attached hydrogens (primary N) is 1. The number of nitrogens with one attached hydrogen (secondary N) is 1.